The molecule has 1 unspecified atom stereocenters. The first kappa shape index (κ1) is 13.3. The van der Waals surface area contributed by atoms with Crippen LogP contribution in [-0.2, 0) is 6.54 Å². The van der Waals surface area contributed by atoms with E-state index in [0.29, 0.717) is 12.6 Å². The molecule has 1 aliphatic carbocycles. The Morgan fingerprint density at radius 1 is 1.44 bits per heavy atom. The molecule has 1 saturated carbocycles. The number of halogens is 1. The Labute approximate surface area is 108 Å². The molecule has 0 bridgehead atoms. The molecule has 4 heteroatoms. The molecule has 1 atom stereocenters. The normalized spacial score (nSPS) is 17.1. The van der Waals surface area contributed by atoms with Gasteiger partial charge in [0.1, 0.15) is 11.6 Å². The zero-order valence-electron chi connectivity index (χ0n) is 11.0. The van der Waals surface area contributed by atoms with Gasteiger partial charge in [0.15, 0.2) is 0 Å². The average Bonchev–Trinajstić information content (AvgIpc) is 3.10. The summed E-state index contributed by atoms with van der Waals surface area (Å²) in [6.07, 6.45) is 2.61. The molecule has 0 saturated heterocycles. The summed E-state index contributed by atoms with van der Waals surface area (Å²) < 4.78 is 13.1. The van der Waals surface area contributed by atoms with Crippen LogP contribution in [0.15, 0.2) is 18.2 Å². The third-order valence-electron chi connectivity index (χ3n) is 3.53. The summed E-state index contributed by atoms with van der Waals surface area (Å²) in [5.41, 5.74) is 0.772. The molecule has 2 rings (SSSR count). The number of hydrogen-bond donors (Lipinski definition) is 2. The molecule has 1 fully saturated rings. The van der Waals surface area contributed by atoms with Crippen molar-refractivity contribution < 1.29 is 9.50 Å². The van der Waals surface area contributed by atoms with Crippen LogP contribution in [-0.4, -0.2) is 35.7 Å². The first-order chi connectivity index (χ1) is 8.56. The Morgan fingerprint density at radius 2 is 2.17 bits per heavy atom. The number of nitrogens with one attached hydrogen (secondary N) is 1. The van der Waals surface area contributed by atoms with Crippen molar-refractivity contribution >= 4 is 0 Å². The highest BCUT2D eigenvalue weighted by Gasteiger charge is 2.28. The highest BCUT2D eigenvalue weighted by Crippen LogP contribution is 2.26. The lowest BCUT2D eigenvalue weighted by molar-refractivity contribution is 0.241. The van der Waals surface area contributed by atoms with E-state index in [9.17, 15) is 9.50 Å². The lowest BCUT2D eigenvalue weighted by atomic mass is 10.2. The van der Waals surface area contributed by atoms with Crippen molar-refractivity contribution in [1.29, 1.82) is 0 Å². The zero-order valence-corrected chi connectivity index (χ0v) is 11.0. The van der Waals surface area contributed by atoms with Crippen molar-refractivity contribution in [3.63, 3.8) is 0 Å². The number of hydrogen-bond acceptors (Lipinski definition) is 3. The first-order valence-corrected chi connectivity index (χ1v) is 6.47. The van der Waals surface area contributed by atoms with Gasteiger partial charge in [0, 0.05) is 31.2 Å². The predicted molar refractivity (Wildman–Crippen MR) is 70.0 cm³/mol. The third-order valence-corrected chi connectivity index (χ3v) is 3.53. The van der Waals surface area contributed by atoms with Crippen molar-refractivity contribution in [3.05, 3.63) is 29.6 Å². The van der Waals surface area contributed by atoms with Crippen LogP contribution in [0, 0.1) is 5.82 Å². The maximum Gasteiger partial charge on any atom is 0.127 e. The maximum absolute atomic E-state index is 13.1. The van der Waals surface area contributed by atoms with Gasteiger partial charge in [0.2, 0.25) is 0 Å². The minimum Gasteiger partial charge on any atom is -0.508 e. The molecule has 0 amide bonds. The number of phenolic OH excluding ortho intramolecular Hbond substituents is 1. The van der Waals surface area contributed by atoms with Gasteiger partial charge in [-0.1, -0.05) is 0 Å². The second kappa shape index (κ2) is 5.67. The Kier molecular flexibility index (Phi) is 4.19. The fourth-order valence-corrected chi connectivity index (χ4v) is 2.15. The quantitative estimate of drug-likeness (QED) is 0.814. The molecule has 1 aliphatic rings. The van der Waals surface area contributed by atoms with Gasteiger partial charge in [-0.15, -0.1) is 0 Å². The number of nitrogens with zero attached hydrogens (tertiary/aromatic N) is 1. The fourth-order valence-electron chi connectivity index (χ4n) is 2.15. The molecule has 1 aromatic carbocycles. The minimum atomic E-state index is -0.394. The number of likely N-dealkylation sites (N-methyl/N-ethyl adjacent to an activating group) is 1. The molecule has 3 nitrogen and oxygen atoms in total. The summed E-state index contributed by atoms with van der Waals surface area (Å²) in [5, 5.41) is 12.6. The van der Waals surface area contributed by atoms with Gasteiger partial charge >= 0.3 is 0 Å². The molecule has 0 aromatic heterocycles. The highest BCUT2D eigenvalue weighted by molar-refractivity contribution is 5.28. The molecular weight excluding hydrogens is 231 g/mol. The lowest BCUT2D eigenvalue weighted by Crippen LogP contribution is -2.38. The van der Waals surface area contributed by atoms with Gasteiger partial charge < -0.3 is 10.4 Å². The van der Waals surface area contributed by atoms with Crippen LogP contribution in [0.4, 0.5) is 4.39 Å². The Bertz CT molecular complexity index is 387. The van der Waals surface area contributed by atoms with Crippen LogP contribution in [0.2, 0.25) is 0 Å². The van der Waals surface area contributed by atoms with Crippen LogP contribution in [0.1, 0.15) is 25.3 Å². The van der Waals surface area contributed by atoms with Gasteiger partial charge in [-0.25, -0.2) is 4.39 Å². The smallest absolute Gasteiger partial charge is 0.127 e. The highest BCUT2D eigenvalue weighted by atomic mass is 19.1. The number of aromatic hydroxyl groups is 1. The summed E-state index contributed by atoms with van der Waals surface area (Å²) in [4.78, 5) is 2.38. The molecule has 1 aromatic rings. The monoisotopic (exact) mass is 252 g/mol. The second-order valence-corrected chi connectivity index (χ2v) is 5.19. The molecule has 0 spiro atoms. The van der Waals surface area contributed by atoms with Crippen molar-refractivity contribution in [2.24, 2.45) is 0 Å². The Hall–Kier alpha value is -1.13. The zero-order chi connectivity index (χ0) is 13.1. The molecule has 0 radical (unpaired) electrons. The van der Waals surface area contributed by atoms with Crippen molar-refractivity contribution in [2.75, 3.05) is 13.6 Å². The molecule has 18 heavy (non-hydrogen) atoms. The van der Waals surface area contributed by atoms with E-state index in [-0.39, 0.29) is 5.75 Å². The molecule has 0 aliphatic heterocycles. The van der Waals surface area contributed by atoms with Crippen LogP contribution >= 0.6 is 0 Å². The largest absolute Gasteiger partial charge is 0.508 e. The van der Waals surface area contributed by atoms with E-state index in [2.05, 4.69) is 24.2 Å². The van der Waals surface area contributed by atoms with Gasteiger partial charge in [0.25, 0.3) is 0 Å². The average molecular weight is 252 g/mol. The van der Waals surface area contributed by atoms with Crippen LogP contribution in [0.3, 0.4) is 0 Å². The van der Waals surface area contributed by atoms with Crippen LogP contribution in [0.5, 0.6) is 5.75 Å². The molecule has 100 valence electrons. The van der Waals surface area contributed by atoms with Crippen molar-refractivity contribution in [1.82, 2.24) is 10.2 Å². The van der Waals surface area contributed by atoms with Crippen molar-refractivity contribution in [2.45, 2.75) is 38.4 Å². The van der Waals surface area contributed by atoms with Gasteiger partial charge in [-0.2, -0.15) is 0 Å². The Balaban J connectivity index is 1.77. The molecule has 0 heterocycles. The summed E-state index contributed by atoms with van der Waals surface area (Å²) in [7, 11) is 2.15. The number of phenols is 1. The minimum absolute atomic E-state index is 0.0186. The summed E-state index contributed by atoms with van der Waals surface area (Å²) in [6.45, 7) is 3.63. The van der Waals surface area contributed by atoms with E-state index < -0.39 is 5.82 Å². The van der Waals surface area contributed by atoms with Crippen LogP contribution < -0.4 is 5.32 Å². The number of benzene rings is 1. The van der Waals surface area contributed by atoms with E-state index in [1.807, 2.05) is 0 Å². The summed E-state index contributed by atoms with van der Waals surface area (Å²) >= 11 is 0. The van der Waals surface area contributed by atoms with E-state index >= 15 is 0 Å². The molecular formula is C14H21FN2O. The second-order valence-electron chi connectivity index (χ2n) is 5.19. The topological polar surface area (TPSA) is 35.5 Å². The molecule has 2 N–H and O–H groups in total. The SMILES string of the molecule is CC(CNCc1cc(O)cc(F)c1)N(C)C1CC1. The van der Waals surface area contributed by atoms with E-state index in [4.69, 9.17) is 0 Å². The van der Waals surface area contributed by atoms with E-state index in [1.165, 1.54) is 18.9 Å². The van der Waals surface area contributed by atoms with E-state index in [0.717, 1.165) is 24.2 Å². The number of rotatable bonds is 6. The summed E-state index contributed by atoms with van der Waals surface area (Å²) in [6, 6.07) is 5.38. The standard InChI is InChI=1S/C14H21FN2O/c1-10(17(2)13-3-4-13)8-16-9-11-5-12(15)7-14(18)6-11/h5-7,10,13,16,18H,3-4,8-9H2,1-2H3. The predicted octanol–water partition coefficient (Wildman–Crippen LogP) is 2.10. The lowest BCUT2D eigenvalue weighted by Gasteiger charge is -2.24. The van der Waals surface area contributed by atoms with Crippen LogP contribution in [0.25, 0.3) is 0 Å². The third kappa shape index (κ3) is 3.68. The summed E-state index contributed by atoms with van der Waals surface area (Å²) in [5.74, 6) is -0.412. The van der Waals surface area contributed by atoms with Gasteiger partial charge in [-0.3, -0.25) is 4.90 Å². The van der Waals surface area contributed by atoms with E-state index in [1.54, 1.807) is 6.07 Å². The fraction of sp³-hybridized carbons (Fsp3) is 0.571. The Morgan fingerprint density at radius 3 is 2.78 bits per heavy atom. The van der Waals surface area contributed by atoms with Gasteiger partial charge in [-0.05, 0) is 44.5 Å². The van der Waals surface area contributed by atoms with Gasteiger partial charge in [0.05, 0.1) is 0 Å². The first-order valence-electron chi connectivity index (χ1n) is 6.47. The van der Waals surface area contributed by atoms with Crippen molar-refractivity contribution in [3.8, 4) is 5.75 Å². The maximum atomic E-state index is 13.1.